The fourth-order valence-electron chi connectivity index (χ4n) is 5.07. The summed E-state index contributed by atoms with van der Waals surface area (Å²) in [5.41, 5.74) is 3.07. The highest BCUT2D eigenvalue weighted by Gasteiger charge is 2.28. The summed E-state index contributed by atoms with van der Waals surface area (Å²) < 4.78 is 13.1. The number of ketones is 1. The Kier molecular flexibility index (Phi) is 7.83. The fourth-order valence-corrected chi connectivity index (χ4v) is 6.04. The number of carbonyl (C=O) groups is 3. The zero-order valence-electron chi connectivity index (χ0n) is 21.4. The van der Waals surface area contributed by atoms with E-state index in [1.807, 2.05) is 39.4 Å². The Hall–Kier alpha value is -3.59. The average Bonchev–Trinajstić information content (AvgIpc) is 3.44. The largest absolute Gasteiger partial charge is 0.368 e. The molecule has 9 heteroatoms. The van der Waals surface area contributed by atoms with Gasteiger partial charge in [0.2, 0.25) is 5.91 Å². The molecule has 1 aromatic heterocycles. The lowest BCUT2D eigenvalue weighted by Gasteiger charge is -2.36. The summed E-state index contributed by atoms with van der Waals surface area (Å²) in [6, 6.07) is 13.7. The number of rotatable bonds is 6. The van der Waals surface area contributed by atoms with Gasteiger partial charge in [0.1, 0.15) is 11.5 Å². The van der Waals surface area contributed by atoms with Gasteiger partial charge in [-0.25, -0.2) is 9.37 Å². The first-order valence-corrected chi connectivity index (χ1v) is 13.9. The van der Waals surface area contributed by atoms with Gasteiger partial charge < -0.3 is 14.7 Å². The van der Waals surface area contributed by atoms with Crippen LogP contribution in [0.4, 0.5) is 10.1 Å². The van der Waals surface area contributed by atoms with E-state index in [0.29, 0.717) is 37.4 Å². The molecule has 0 aliphatic carbocycles. The third kappa shape index (κ3) is 5.93. The third-order valence-electron chi connectivity index (χ3n) is 7.41. The molecule has 5 rings (SSSR count). The minimum absolute atomic E-state index is 0.0361. The van der Waals surface area contributed by atoms with Crippen molar-refractivity contribution in [3.8, 4) is 0 Å². The molecule has 3 heterocycles. The zero-order chi connectivity index (χ0) is 26.6. The normalized spacial score (nSPS) is 16.5. The molecular weight excluding hydrogens is 503 g/mol. The molecule has 2 fully saturated rings. The van der Waals surface area contributed by atoms with E-state index in [4.69, 9.17) is 4.98 Å². The number of Topliss-reactive ketones (excluding diaryl/α,β-unsaturated/α-hetero) is 1. The number of benzene rings is 2. The molecule has 0 spiro atoms. The number of hydrogen-bond acceptors (Lipinski definition) is 6. The van der Waals surface area contributed by atoms with Gasteiger partial charge in [0.05, 0.1) is 11.4 Å². The average molecular weight is 535 g/mol. The molecule has 2 aliphatic rings. The summed E-state index contributed by atoms with van der Waals surface area (Å²) in [5, 5.41) is 2.82. The van der Waals surface area contributed by atoms with Gasteiger partial charge in [-0.15, -0.1) is 11.3 Å². The number of anilines is 1. The van der Waals surface area contributed by atoms with E-state index in [1.165, 1.54) is 23.5 Å². The highest BCUT2D eigenvalue weighted by Crippen LogP contribution is 2.31. The molecule has 198 valence electrons. The lowest BCUT2D eigenvalue weighted by atomic mass is 9.97. The Balaban J connectivity index is 1.11. The van der Waals surface area contributed by atoms with Gasteiger partial charge in [-0.05, 0) is 61.7 Å². The second-order valence-corrected chi connectivity index (χ2v) is 10.8. The number of piperazine rings is 1. The van der Waals surface area contributed by atoms with Crippen molar-refractivity contribution >= 4 is 34.6 Å². The van der Waals surface area contributed by atoms with Crippen molar-refractivity contribution in [2.24, 2.45) is 0 Å². The predicted molar refractivity (Wildman–Crippen MR) is 145 cm³/mol. The second kappa shape index (κ2) is 11.4. The fraction of sp³-hybridized carbons (Fsp3) is 0.379. The van der Waals surface area contributed by atoms with Crippen LogP contribution in [-0.2, 0) is 11.2 Å². The van der Waals surface area contributed by atoms with Gasteiger partial charge in [-0.2, -0.15) is 0 Å². The standard InChI is InChI=1S/C29H31FN4O3S/c1-20(35)22-4-8-25(9-5-22)32-14-16-34(17-15-32)29(37)26-19-38-28(31-26)23-10-12-33(13-11-23)27(36)18-21-2-6-24(30)7-3-21/h2-9,19,23H,10-18H2,1H3. The Morgan fingerprint density at radius 2 is 1.55 bits per heavy atom. The van der Waals surface area contributed by atoms with Gasteiger partial charge in [0, 0.05) is 61.8 Å². The first-order chi connectivity index (χ1) is 18.4. The number of thiazole rings is 1. The summed E-state index contributed by atoms with van der Waals surface area (Å²) in [4.78, 5) is 48.0. The van der Waals surface area contributed by atoms with E-state index in [0.717, 1.165) is 42.2 Å². The second-order valence-electron chi connectivity index (χ2n) is 9.91. The highest BCUT2D eigenvalue weighted by molar-refractivity contribution is 7.09. The number of piperidine rings is 1. The van der Waals surface area contributed by atoms with E-state index in [-0.39, 0.29) is 35.8 Å². The first kappa shape index (κ1) is 26.0. The van der Waals surface area contributed by atoms with Crippen molar-refractivity contribution in [2.75, 3.05) is 44.2 Å². The van der Waals surface area contributed by atoms with Crippen molar-refractivity contribution in [3.63, 3.8) is 0 Å². The molecule has 38 heavy (non-hydrogen) atoms. The van der Waals surface area contributed by atoms with E-state index < -0.39 is 0 Å². The lowest BCUT2D eigenvalue weighted by Crippen LogP contribution is -2.48. The molecule has 2 amide bonds. The summed E-state index contributed by atoms with van der Waals surface area (Å²) >= 11 is 1.53. The maximum absolute atomic E-state index is 13.1. The van der Waals surface area contributed by atoms with E-state index in [2.05, 4.69) is 4.90 Å². The predicted octanol–water partition coefficient (Wildman–Crippen LogP) is 4.40. The van der Waals surface area contributed by atoms with Crippen LogP contribution in [0.25, 0.3) is 0 Å². The molecule has 0 radical (unpaired) electrons. The van der Waals surface area contributed by atoms with Crippen LogP contribution in [0, 0.1) is 5.82 Å². The number of aromatic nitrogens is 1. The topological polar surface area (TPSA) is 73.8 Å². The molecule has 3 aromatic rings. The number of nitrogens with zero attached hydrogens (tertiary/aromatic N) is 4. The van der Waals surface area contributed by atoms with Crippen LogP contribution in [0.5, 0.6) is 0 Å². The molecule has 0 unspecified atom stereocenters. The van der Waals surface area contributed by atoms with Crippen LogP contribution >= 0.6 is 11.3 Å². The van der Waals surface area contributed by atoms with E-state index in [1.54, 1.807) is 19.1 Å². The minimum atomic E-state index is -0.303. The van der Waals surface area contributed by atoms with Crippen LogP contribution in [0.3, 0.4) is 0 Å². The van der Waals surface area contributed by atoms with Crippen molar-refractivity contribution < 1.29 is 18.8 Å². The molecule has 2 aliphatic heterocycles. The maximum Gasteiger partial charge on any atom is 0.273 e. The Labute approximate surface area is 225 Å². The van der Waals surface area contributed by atoms with Gasteiger partial charge >= 0.3 is 0 Å². The Morgan fingerprint density at radius 3 is 2.18 bits per heavy atom. The number of amides is 2. The first-order valence-electron chi connectivity index (χ1n) is 13.0. The minimum Gasteiger partial charge on any atom is -0.368 e. The van der Waals surface area contributed by atoms with Crippen molar-refractivity contribution in [1.29, 1.82) is 0 Å². The molecule has 0 saturated carbocycles. The van der Waals surface area contributed by atoms with Crippen LogP contribution in [0.1, 0.15) is 57.1 Å². The quantitative estimate of drug-likeness (QED) is 0.439. The summed E-state index contributed by atoms with van der Waals surface area (Å²) in [6.07, 6.45) is 1.91. The number of likely N-dealkylation sites (tertiary alicyclic amines) is 1. The van der Waals surface area contributed by atoms with Gasteiger partial charge in [0.25, 0.3) is 5.91 Å². The Morgan fingerprint density at radius 1 is 0.895 bits per heavy atom. The molecule has 2 saturated heterocycles. The van der Waals surface area contributed by atoms with Crippen molar-refractivity contribution in [2.45, 2.75) is 32.1 Å². The number of halogens is 1. The lowest BCUT2D eigenvalue weighted by molar-refractivity contribution is -0.131. The Bertz CT molecular complexity index is 1290. The maximum atomic E-state index is 13.1. The van der Waals surface area contributed by atoms with Gasteiger partial charge in [-0.3, -0.25) is 14.4 Å². The molecule has 0 bridgehead atoms. The summed E-state index contributed by atoms with van der Waals surface area (Å²) in [6.45, 7) is 5.57. The molecular formula is C29H31FN4O3S. The summed E-state index contributed by atoms with van der Waals surface area (Å²) in [5.74, 6) is 0.00890. The third-order valence-corrected chi connectivity index (χ3v) is 8.42. The monoisotopic (exact) mass is 534 g/mol. The van der Waals surface area contributed by atoms with Gasteiger partial charge in [0.15, 0.2) is 5.78 Å². The van der Waals surface area contributed by atoms with Crippen LogP contribution < -0.4 is 4.90 Å². The molecule has 7 nitrogen and oxygen atoms in total. The number of hydrogen-bond donors (Lipinski definition) is 0. The van der Waals surface area contributed by atoms with E-state index in [9.17, 15) is 18.8 Å². The van der Waals surface area contributed by atoms with Crippen LogP contribution in [-0.4, -0.2) is 71.6 Å². The SMILES string of the molecule is CC(=O)c1ccc(N2CCN(C(=O)c3csc(C4CCN(C(=O)Cc5ccc(F)cc5)CC4)n3)CC2)cc1. The molecule has 0 atom stereocenters. The molecule has 2 aromatic carbocycles. The van der Waals surface area contributed by atoms with Gasteiger partial charge in [-0.1, -0.05) is 12.1 Å². The van der Waals surface area contributed by atoms with Crippen LogP contribution in [0.2, 0.25) is 0 Å². The van der Waals surface area contributed by atoms with Crippen LogP contribution in [0.15, 0.2) is 53.9 Å². The smallest absolute Gasteiger partial charge is 0.273 e. The van der Waals surface area contributed by atoms with Crippen molar-refractivity contribution in [3.05, 3.63) is 81.6 Å². The zero-order valence-corrected chi connectivity index (χ0v) is 22.3. The highest BCUT2D eigenvalue weighted by atomic mass is 32.1. The summed E-state index contributed by atoms with van der Waals surface area (Å²) in [7, 11) is 0. The van der Waals surface area contributed by atoms with E-state index >= 15 is 0 Å². The molecule has 0 N–H and O–H groups in total. The van der Waals surface area contributed by atoms with Crippen molar-refractivity contribution in [1.82, 2.24) is 14.8 Å². The number of carbonyl (C=O) groups excluding carboxylic acids is 3.